The predicted octanol–water partition coefficient (Wildman–Crippen LogP) is 3.82. The molecule has 2 unspecified atom stereocenters. The van der Waals surface area contributed by atoms with E-state index in [1.54, 1.807) is 13.2 Å². The van der Waals surface area contributed by atoms with Crippen molar-refractivity contribution in [2.75, 3.05) is 11.8 Å². The molecule has 0 saturated heterocycles. The molecule has 3 N–H and O–H groups in total. The number of halogens is 1. The fraction of sp³-hybridized carbons (Fsp3) is 0.435. The monoisotopic (exact) mass is 492 g/mol. The number of nitriles is 1. The first-order valence-electron chi connectivity index (χ1n) is 10.7. The third-order valence-electron chi connectivity index (χ3n) is 6.05. The fourth-order valence-corrected chi connectivity index (χ4v) is 5.74. The Morgan fingerprint density at radius 3 is 2.52 bits per heavy atom. The van der Waals surface area contributed by atoms with Crippen molar-refractivity contribution < 1.29 is 28.1 Å². The van der Waals surface area contributed by atoms with Crippen LogP contribution in [-0.4, -0.2) is 37.9 Å². The first kappa shape index (κ1) is 23.8. The second-order valence-corrected chi connectivity index (χ2v) is 10.4. The van der Waals surface area contributed by atoms with Crippen LogP contribution in [0.1, 0.15) is 61.0 Å². The minimum Gasteiger partial charge on any atom is -0.485 e. The number of sulfonamides is 1. The molecule has 0 heterocycles. The molecule has 2 saturated carbocycles. The Kier molecular flexibility index (Phi) is 6.84. The second kappa shape index (κ2) is 9.49. The van der Waals surface area contributed by atoms with Crippen molar-refractivity contribution in [2.24, 2.45) is 0 Å². The summed E-state index contributed by atoms with van der Waals surface area (Å²) in [7, 11) is -2.55. The third kappa shape index (κ3) is 5.10. The van der Waals surface area contributed by atoms with Gasteiger partial charge in [0.05, 0.1) is 27.3 Å². The van der Waals surface area contributed by atoms with Crippen molar-refractivity contribution in [1.82, 2.24) is 0 Å². The fourth-order valence-electron chi connectivity index (χ4n) is 4.15. The van der Waals surface area contributed by atoms with Gasteiger partial charge >= 0.3 is 0 Å². The van der Waals surface area contributed by atoms with Crippen LogP contribution in [0, 0.1) is 11.3 Å². The zero-order chi connectivity index (χ0) is 23.8. The predicted molar refractivity (Wildman–Crippen MR) is 122 cm³/mol. The summed E-state index contributed by atoms with van der Waals surface area (Å²) in [6, 6.07) is 9.11. The van der Waals surface area contributed by atoms with Crippen LogP contribution in [0.25, 0.3) is 0 Å². The molecule has 4 rings (SSSR count). The number of anilines is 1. The molecule has 33 heavy (non-hydrogen) atoms. The maximum atomic E-state index is 13.5. The third-order valence-corrected chi connectivity index (χ3v) is 7.78. The van der Waals surface area contributed by atoms with Crippen molar-refractivity contribution in [2.45, 2.75) is 61.4 Å². The number of nitrogens with one attached hydrogen (secondary N) is 1. The average Bonchev–Trinajstić information content (AvgIpc) is 3.53. The number of aliphatic hydroxyl groups is 2. The number of ether oxygens (including phenoxy) is 2. The van der Waals surface area contributed by atoms with Gasteiger partial charge in [0.25, 0.3) is 10.0 Å². The zero-order valence-corrected chi connectivity index (χ0v) is 19.6. The highest BCUT2D eigenvalue weighted by atomic mass is 35.5. The normalized spacial score (nSPS) is 20.6. The van der Waals surface area contributed by atoms with E-state index in [4.69, 9.17) is 21.1 Å². The number of hydrogen-bond donors (Lipinski definition) is 3. The van der Waals surface area contributed by atoms with E-state index >= 15 is 0 Å². The van der Waals surface area contributed by atoms with E-state index in [0.717, 1.165) is 32.1 Å². The van der Waals surface area contributed by atoms with E-state index in [2.05, 4.69) is 4.72 Å². The van der Waals surface area contributed by atoms with Crippen LogP contribution in [-0.2, 0) is 14.8 Å². The quantitative estimate of drug-likeness (QED) is 0.477. The lowest BCUT2D eigenvalue weighted by molar-refractivity contribution is -0.0426. The van der Waals surface area contributed by atoms with E-state index in [-0.39, 0.29) is 50.6 Å². The van der Waals surface area contributed by atoms with E-state index in [1.807, 2.05) is 6.07 Å². The topological polar surface area (TPSA) is 129 Å². The summed E-state index contributed by atoms with van der Waals surface area (Å²) in [6.07, 6.45) is 1.98. The SMILES string of the molecule is COC1CCCC1Oc1cc(Cl)c(C#N)cc1NS(=O)(=O)c1cc(C(O)O)ccc1C1CC1. The number of methoxy groups -OCH3 is 1. The summed E-state index contributed by atoms with van der Waals surface area (Å²) in [4.78, 5) is -0.0364. The van der Waals surface area contributed by atoms with Crippen LogP contribution in [0.15, 0.2) is 35.2 Å². The molecule has 2 aromatic rings. The molecular formula is C23H25ClN2O6S. The molecule has 0 spiro atoms. The highest BCUT2D eigenvalue weighted by Gasteiger charge is 2.33. The van der Waals surface area contributed by atoms with Crippen LogP contribution >= 0.6 is 11.6 Å². The van der Waals surface area contributed by atoms with Crippen LogP contribution < -0.4 is 9.46 Å². The van der Waals surface area contributed by atoms with Gasteiger partial charge in [0, 0.05) is 18.7 Å². The lowest BCUT2D eigenvalue weighted by atomic mass is 10.1. The maximum absolute atomic E-state index is 13.5. The number of nitrogens with zero attached hydrogens (tertiary/aromatic N) is 1. The Morgan fingerprint density at radius 2 is 1.88 bits per heavy atom. The Hall–Kier alpha value is -2.35. The van der Waals surface area contributed by atoms with Gasteiger partial charge < -0.3 is 19.7 Å². The minimum absolute atomic E-state index is 0.0364. The molecule has 10 heteroatoms. The molecule has 0 aliphatic heterocycles. The van der Waals surface area contributed by atoms with Crippen molar-refractivity contribution in [1.29, 1.82) is 5.26 Å². The molecule has 2 fully saturated rings. The van der Waals surface area contributed by atoms with Crippen molar-refractivity contribution in [3.05, 3.63) is 52.0 Å². The molecule has 0 radical (unpaired) electrons. The van der Waals surface area contributed by atoms with Crippen molar-refractivity contribution in [3.63, 3.8) is 0 Å². The number of benzene rings is 2. The highest BCUT2D eigenvalue weighted by molar-refractivity contribution is 7.92. The molecule has 176 valence electrons. The van der Waals surface area contributed by atoms with Gasteiger partial charge in [-0.15, -0.1) is 0 Å². The number of hydrogen-bond acceptors (Lipinski definition) is 7. The molecule has 0 aromatic heterocycles. The Balaban J connectivity index is 1.73. The first-order chi connectivity index (χ1) is 15.7. The largest absolute Gasteiger partial charge is 0.485 e. The summed E-state index contributed by atoms with van der Waals surface area (Å²) in [5, 5.41) is 28.7. The standard InChI is InChI=1S/C23H25ClN2O6S/c1-31-19-3-2-4-20(19)32-21-11-17(24)15(12-25)9-18(21)26-33(29,30)22-10-14(23(27)28)7-8-16(22)13-5-6-13/h7-11,13,19-20,23,26-28H,2-6H2,1H3. The molecule has 2 aliphatic rings. The number of aliphatic hydroxyl groups excluding tert-OH is 1. The zero-order valence-electron chi connectivity index (χ0n) is 18.0. The Labute approximate surface area is 197 Å². The molecule has 8 nitrogen and oxygen atoms in total. The maximum Gasteiger partial charge on any atom is 0.262 e. The van der Waals surface area contributed by atoms with Gasteiger partial charge in [0.15, 0.2) is 6.29 Å². The van der Waals surface area contributed by atoms with Gasteiger partial charge in [0.2, 0.25) is 0 Å². The molecule has 2 aromatic carbocycles. The minimum atomic E-state index is -4.15. The van der Waals surface area contributed by atoms with Crippen LogP contribution in [0.4, 0.5) is 5.69 Å². The summed E-state index contributed by atoms with van der Waals surface area (Å²) in [5.74, 6) is 0.292. The smallest absolute Gasteiger partial charge is 0.262 e. The van der Waals surface area contributed by atoms with E-state index in [1.165, 1.54) is 24.3 Å². The first-order valence-corrected chi connectivity index (χ1v) is 12.6. The number of rotatable bonds is 8. The lowest BCUT2D eigenvalue weighted by Crippen LogP contribution is -2.28. The average molecular weight is 493 g/mol. The summed E-state index contributed by atoms with van der Waals surface area (Å²) in [5.41, 5.74) is 0.853. The summed E-state index contributed by atoms with van der Waals surface area (Å²) in [6.45, 7) is 0. The van der Waals surface area contributed by atoms with Crippen LogP contribution in [0.2, 0.25) is 5.02 Å². The van der Waals surface area contributed by atoms with E-state index in [9.17, 15) is 23.9 Å². The van der Waals surface area contributed by atoms with Crippen molar-refractivity contribution in [3.8, 4) is 11.8 Å². The van der Waals surface area contributed by atoms with Gasteiger partial charge in [-0.1, -0.05) is 23.7 Å². The van der Waals surface area contributed by atoms with E-state index < -0.39 is 16.3 Å². The molecule has 2 aliphatic carbocycles. The van der Waals surface area contributed by atoms with Crippen LogP contribution in [0.5, 0.6) is 5.75 Å². The highest BCUT2D eigenvalue weighted by Crippen LogP contribution is 2.44. The molecular weight excluding hydrogens is 468 g/mol. The summed E-state index contributed by atoms with van der Waals surface area (Å²) >= 11 is 6.21. The second-order valence-electron chi connectivity index (χ2n) is 8.35. The molecule has 2 atom stereocenters. The van der Waals surface area contributed by atoms with Gasteiger partial charge in [-0.25, -0.2) is 8.42 Å². The van der Waals surface area contributed by atoms with Gasteiger partial charge in [0.1, 0.15) is 17.9 Å². The molecule has 0 amide bonds. The Morgan fingerprint density at radius 1 is 1.15 bits per heavy atom. The summed E-state index contributed by atoms with van der Waals surface area (Å²) < 4.78 is 41.0. The van der Waals surface area contributed by atoms with Gasteiger partial charge in [-0.3, -0.25) is 4.72 Å². The Bertz CT molecular complexity index is 1190. The van der Waals surface area contributed by atoms with Crippen molar-refractivity contribution >= 4 is 27.3 Å². The lowest BCUT2D eigenvalue weighted by Gasteiger charge is -2.23. The van der Waals surface area contributed by atoms with Gasteiger partial charge in [-0.2, -0.15) is 5.26 Å². The molecule has 0 bridgehead atoms. The van der Waals surface area contributed by atoms with Crippen LogP contribution in [0.3, 0.4) is 0 Å². The van der Waals surface area contributed by atoms with Gasteiger partial charge in [-0.05, 0) is 55.7 Å². The van der Waals surface area contributed by atoms with E-state index in [0.29, 0.717) is 5.56 Å².